The highest BCUT2D eigenvalue weighted by Gasteiger charge is 2.42. The molecule has 2 saturated carbocycles. The van der Waals surface area contributed by atoms with Gasteiger partial charge in [0.1, 0.15) is 5.69 Å². The van der Waals surface area contributed by atoms with Crippen LogP contribution in [0.5, 0.6) is 0 Å². The highest BCUT2D eigenvalue weighted by atomic mass is 16.1. The van der Waals surface area contributed by atoms with Crippen molar-refractivity contribution in [3.05, 3.63) is 36.0 Å². The van der Waals surface area contributed by atoms with Gasteiger partial charge in [-0.05, 0) is 56.1 Å². The number of H-pyrrole nitrogens is 1. The van der Waals surface area contributed by atoms with Gasteiger partial charge >= 0.3 is 0 Å². The topological polar surface area (TPSA) is 44.9 Å². The number of benzene rings is 1. The maximum absolute atomic E-state index is 12.4. The zero-order valence-corrected chi connectivity index (χ0v) is 12.4. The van der Waals surface area contributed by atoms with E-state index in [-0.39, 0.29) is 11.9 Å². The van der Waals surface area contributed by atoms with Crippen molar-refractivity contribution in [2.75, 3.05) is 0 Å². The van der Waals surface area contributed by atoms with Crippen molar-refractivity contribution >= 4 is 16.8 Å². The van der Waals surface area contributed by atoms with Crippen LogP contribution in [0.1, 0.15) is 43.1 Å². The van der Waals surface area contributed by atoms with E-state index in [1.807, 2.05) is 30.3 Å². The SMILES string of the molecule is C[C@@H](NC(=O)c1cc2ccccc2[nH]1)[C@H]1C[C@H]2CC[C@H]1C2. The number of aromatic nitrogens is 1. The third-order valence-corrected chi connectivity index (χ3v) is 5.57. The van der Waals surface area contributed by atoms with Gasteiger partial charge in [0.15, 0.2) is 0 Å². The van der Waals surface area contributed by atoms with Gasteiger partial charge in [0.25, 0.3) is 5.91 Å². The molecule has 0 spiro atoms. The summed E-state index contributed by atoms with van der Waals surface area (Å²) in [5.74, 6) is 2.47. The fourth-order valence-electron chi connectivity index (χ4n) is 4.49. The lowest BCUT2D eigenvalue weighted by molar-refractivity contribution is 0.0911. The second-order valence-electron chi connectivity index (χ2n) is 6.87. The highest BCUT2D eigenvalue weighted by molar-refractivity contribution is 5.98. The molecule has 1 aromatic carbocycles. The third kappa shape index (κ3) is 2.25. The summed E-state index contributed by atoms with van der Waals surface area (Å²) in [7, 11) is 0. The molecule has 0 aliphatic heterocycles. The lowest BCUT2D eigenvalue weighted by Crippen LogP contribution is -2.40. The molecule has 1 heterocycles. The van der Waals surface area contributed by atoms with E-state index in [1.165, 1.54) is 25.7 Å². The maximum Gasteiger partial charge on any atom is 0.267 e. The lowest BCUT2D eigenvalue weighted by atomic mass is 9.84. The average Bonchev–Trinajstić information content (AvgIpc) is 3.21. The van der Waals surface area contributed by atoms with Gasteiger partial charge in [-0.25, -0.2) is 0 Å². The molecule has 2 aliphatic carbocycles. The van der Waals surface area contributed by atoms with E-state index in [4.69, 9.17) is 0 Å². The van der Waals surface area contributed by atoms with E-state index in [9.17, 15) is 4.79 Å². The van der Waals surface area contributed by atoms with Crippen LogP contribution in [0, 0.1) is 17.8 Å². The van der Waals surface area contributed by atoms with Crippen LogP contribution in [0.4, 0.5) is 0 Å². The Hall–Kier alpha value is -1.77. The number of amides is 1. The van der Waals surface area contributed by atoms with Gasteiger partial charge in [-0.2, -0.15) is 0 Å². The monoisotopic (exact) mass is 282 g/mol. The second-order valence-corrected chi connectivity index (χ2v) is 6.87. The number of para-hydroxylation sites is 1. The molecule has 3 nitrogen and oxygen atoms in total. The highest BCUT2D eigenvalue weighted by Crippen LogP contribution is 2.49. The molecule has 0 unspecified atom stereocenters. The molecule has 0 radical (unpaired) electrons. The number of hydrogen-bond acceptors (Lipinski definition) is 1. The van der Waals surface area contributed by atoms with Crippen LogP contribution in [0.25, 0.3) is 10.9 Å². The summed E-state index contributed by atoms with van der Waals surface area (Å²) in [6.45, 7) is 2.17. The number of carbonyl (C=O) groups excluding carboxylic acids is 1. The summed E-state index contributed by atoms with van der Waals surface area (Å²) in [5, 5.41) is 4.31. The number of aromatic amines is 1. The maximum atomic E-state index is 12.4. The number of carbonyl (C=O) groups is 1. The Balaban J connectivity index is 1.47. The molecule has 4 atom stereocenters. The van der Waals surface area contributed by atoms with Gasteiger partial charge < -0.3 is 10.3 Å². The molecule has 4 rings (SSSR count). The number of hydrogen-bond donors (Lipinski definition) is 2. The van der Waals surface area contributed by atoms with E-state index >= 15 is 0 Å². The van der Waals surface area contributed by atoms with Crippen LogP contribution in [0.15, 0.2) is 30.3 Å². The minimum absolute atomic E-state index is 0.0291. The largest absolute Gasteiger partial charge is 0.351 e. The first-order valence-corrected chi connectivity index (χ1v) is 8.09. The molecular weight excluding hydrogens is 260 g/mol. The average molecular weight is 282 g/mol. The summed E-state index contributed by atoms with van der Waals surface area (Å²) in [4.78, 5) is 15.7. The Morgan fingerprint density at radius 2 is 2.14 bits per heavy atom. The normalized spacial score (nSPS) is 28.9. The molecule has 2 aliphatic rings. The van der Waals surface area contributed by atoms with Gasteiger partial charge in [0.2, 0.25) is 0 Å². The zero-order chi connectivity index (χ0) is 14.4. The van der Waals surface area contributed by atoms with Gasteiger partial charge in [-0.15, -0.1) is 0 Å². The molecule has 0 saturated heterocycles. The minimum atomic E-state index is 0.0291. The Labute approximate surface area is 125 Å². The number of rotatable bonds is 3. The zero-order valence-electron chi connectivity index (χ0n) is 12.4. The minimum Gasteiger partial charge on any atom is -0.351 e. The molecule has 2 aromatic rings. The van der Waals surface area contributed by atoms with Crippen molar-refractivity contribution in [1.29, 1.82) is 0 Å². The summed E-state index contributed by atoms with van der Waals surface area (Å²) in [6.07, 6.45) is 5.46. The van der Waals surface area contributed by atoms with Gasteiger partial charge in [-0.1, -0.05) is 24.6 Å². The van der Waals surface area contributed by atoms with E-state index in [0.717, 1.165) is 22.7 Å². The molecule has 110 valence electrons. The van der Waals surface area contributed by atoms with Crippen molar-refractivity contribution in [1.82, 2.24) is 10.3 Å². The van der Waals surface area contributed by atoms with E-state index < -0.39 is 0 Å². The molecule has 2 N–H and O–H groups in total. The van der Waals surface area contributed by atoms with E-state index in [2.05, 4.69) is 17.2 Å². The fourth-order valence-corrected chi connectivity index (χ4v) is 4.49. The summed E-state index contributed by atoms with van der Waals surface area (Å²) in [5.41, 5.74) is 1.70. The van der Waals surface area contributed by atoms with E-state index in [0.29, 0.717) is 11.6 Å². The summed E-state index contributed by atoms with van der Waals surface area (Å²) in [6, 6.07) is 10.2. The molecule has 2 bridgehead atoms. The van der Waals surface area contributed by atoms with Gasteiger partial charge in [-0.3, -0.25) is 4.79 Å². The van der Waals surface area contributed by atoms with Crippen LogP contribution in [0.3, 0.4) is 0 Å². The van der Waals surface area contributed by atoms with Gasteiger partial charge in [0, 0.05) is 16.9 Å². The first-order valence-electron chi connectivity index (χ1n) is 8.09. The molecule has 1 amide bonds. The van der Waals surface area contributed by atoms with Crippen LogP contribution >= 0.6 is 0 Å². The molecule has 2 fully saturated rings. The van der Waals surface area contributed by atoms with Gasteiger partial charge in [0.05, 0.1) is 0 Å². The Bertz CT molecular complexity index is 642. The van der Waals surface area contributed by atoms with Crippen molar-refractivity contribution in [3.63, 3.8) is 0 Å². The van der Waals surface area contributed by atoms with Crippen molar-refractivity contribution in [2.45, 2.75) is 38.6 Å². The first kappa shape index (κ1) is 12.9. The third-order valence-electron chi connectivity index (χ3n) is 5.57. The summed E-state index contributed by atoms with van der Waals surface area (Å²) >= 11 is 0. The fraction of sp³-hybridized carbons (Fsp3) is 0.500. The van der Waals surface area contributed by atoms with Crippen LogP contribution in [-0.4, -0.2) is 16.9 Å². The van der Waals surface area contributed by atoms with E-state index in [1.54, 1.807) is 0 Å². The van der Waals surface area contributed by atoms with Crippen LogP contribution < -0.4 is 5.32 Å². The molecule has 3 heteroatoms. The smallest absolute Gasteiger partial charge is 0.267 e. The lowest BCUT2D eigenvalue weighted by Gasteiger charge is -2.28. The van der Waals surface area contributed by atoms with Crippen molar-refractivity contribution < 1.29 is 4.79 Å². The predicted molar refractivity (Wildman–Crippen MR) is 84.2 cm³/mol. The standard InChI is InChI=1S/C18H22N2O/c1-11(15-9-12-6-7-13(15)8-12)19-18(21)17-10-14-4-2-3-5-16(14)20-17/h2-5,10-13,15,20H,6-9H2,1H3,(H,19,21)/t11-,12+,13+,15-/m1/s1. The Morgan fingerprint density at radius 1 is 1.29 bits per heavy atom. The van der Waals surface area contributed by atoms with Crippen molar-refractivity contribution in [3.8, 4) is 0 Å². The van der Waals surface area contributed by atoms with Crippen LogP contribution in [0.2, 0.25) is 0 Å². The molecule has 1 aromatic heterocycles. The second kappa shape index (κ2) is 4.90. The van der Waals surface area contributed by atoms with Crippen molar-refractivity contribution in [2.24, 2.45) is 17.8 Å². The Morgan fingerprint density at radius 3 is 2.86 bits per heavy atom. The predicted octanol–water partition coefficient (Wildman–Crippen LogP) is 3.72. The molecular formula is C18H22N2O. The molecule has 21 heavy (non-hydrogen) atoms. The number of fused-ring (bicyclic) bond motifs is 3. The summed E-state index contributed by atoms with van der Waals surface area (Å²) < 4.78 is 0. The Kier molecular flexibility index (Phi) is 3.02. The van der Waals surface area contributed by atoms with Crippen LogP contribution in [-0.2, 0) is 0 Å². The quantitative estimate of drug-likeness (QED) is 0.885. The number of nitrogens with one attached hydrogen (secondary N) is 2. The first-order chi connectivity index (χ1) is 10.2.